The Morgan fingerprint density at radius 3 is 2.70 bits per heavy atom. The van der Waals surface area contributed by atoms with Gasteiger partial charge in [0.1, 0.15) is 11.6 Å². The lowest BCUT2D eigenvalue weighted by Crippen LogP contribution is -2.03. The van der Waals surface area contributed by atoms with E-state index in [4.69, 9.17) is 0 Å². The predicted octanol–water partition coefficient (Wildman–Crippen LogP) is 4.71. The van der Waals surface area contributed by atoms with E-state index in [1.165, 1.54) is 38.5 Å². The zero-order chi connectivity index (χ0) is 14.2. The van der Waals surface area contributed by atoms with E-state index in [1.54, 1.807) is 12.1 Å². The summed E-state index contributed by atoms with van der Waals surface area (Å²) in [6.07, 6.45) is 9.54. The standard InChI is InChI=1S/C17H24N2O/c1-2-3-4-5-6-7-11-18-17-16-13-15(20)9-8-14(16)10-12-19-17/h8-10,12-13,20H,2-7,11H2,1H3,(H,18,19). The lowest BCUT2D eigenvalue weighted by Gasteiger charge is -2.09. The van der Waals surface area contributed by atoms with Crippen LogP contribution >= 0.6 is 0 Å². The number of nitrogens with one attached hydrogen (secondary N) is 1. The Balaban J connectivity index is 1.85. The van der Waals surface area contributed by atoms with Crippen LogP contribution in [0.3, 0.4) is 0 Å². The first-order valence-electron chi connectivity index (χ1n) is 7.63. The number of phenols is 1. The molecule has 1 heterocycles. The Bertz CT molecular complexity index is 540. The summed E-state index contributed by atoms with van der Waals surface area (Å²) in [7, 11) is 0. The minimum absolute atomic E-state index is 0.285. The molecule has 3 heteroatoms. The zero-order valence-electron chi connectivity index (χ0n) is 12.2. The summed E-state index contributed by atoms with van der Waals surface area (Å²) in [6, 6.07) is 7.36. The first-order valence-corrected chi connectivity index (χ1v) is 7.63. The number of phenolic OH excluding ortho intramolecular Hbond substituents is 1. The molecule has 0 aliphatic rings. The molecule has 20 heavy (non-hydrogen) atoms. The van der Waals surface area contributed by atoms with Crippen molar-refractivity contribution in [3.8, 4) is 5.75 Å². The summed E-state index contributed by atoms with van der Waals surface area (Å²) in [5.41, 5.74) is 0. The largest absolute Gasteiger partial charge is 0.508 e. The van der Waals surface area contributed by atoms with Crippen LogP contribution in [-0.4, -0.2) is 16.6 Å². The fourth-order valence-corrected chi connectivity index (χ4v) is 2.41. The molecule has 0 unspecified atom stereocenters. The van der Waals surface area contributed by atoms with Crippen molar-refractivity contribution in [1.82, 2.24) is 4.98 Å². The monoisotopic (exact) mass is 272 g/mol. The van der Waals surface area contributed by atoms with E-state index < -0.39 is 0 Å². The second-order valence-corrected chi connectivity index (χ2v) is 5.26. The number of aromatic nitrogens is 1. The van der Waals surface area contributed by atoms with Crippen LogP contribution in [0.1, 0.15) is 45.4 Å². The number of aromatic hydroxyl groups is 1. The maximum atomic E-state index is 9.59. The number of rotatable bonds is 8. The molecule has 0 atom stereocenters. The Morgan fingerprint density at radius 2 is 1.85 bits per heavy atom. The van der Waals surface area contributed by atoms with Crippen LogP contribution in [0, 0.1) is 0 Å². The summed E-state index contributed by atoms with van der Waals surface area (Å²) < 4.78 is 0. The molecule has 0 saturated carbocycles. The Labute approximate surface area is 121 Å². The molecule has 0 amide bonds. The van der Waals surface area contributed by atoms with Crippen LogP contribution in [0.2, 0.25) is 0 Å². The van der Waals surface area contributed by atoms with Crippen molar-refractivity contribution in [1.29, 1.82) is 0 Å². The average Bonchev–Trinajstić information content (AvgIpc) is 2.46. The highest BCUT2D eigenvalue weighted by Gasteiger charge is 2.02. The summed E-state index contributed by atoms with van der Waals surface area (Å²) in [4.78, 5) is 4.37. The topological polar surface area (TPSA) is 45.2 Å². The van der Waals surface area contributed by atoms with Gasteiger partial charge in [-0.05, 0) is 30.0 Å². The molecule has 0 saturated heterocycles. The summed E-state index contributed by atoms with van der Waals surface area (Å²) >= 11 is 0. The summed E-state index contributed by atoms with van der Waals surface area (Å²) in [5.74, 6) is 1.15. The highest BCUT2D eigenvalue weighted by atomic mass is 16.3. The lowest BCUT2D eigenvalue weighted by atomic mass is 10.1. The van der Waals surface area contributed by atoms with Crippen molar-refractivity contribution in [2.75, 3.05) is 11.9 Å². The normalized spacial score (nSPS) is 10.8. The minimum Gasteiger partial charge on any atom is -0.508 e. The van der Waals surface area contributed by atoms with Crippen LogP contribution < -0.4 is 5.32 Å². The third-order valence-electron chi connectivity index (χ3n) is 3.57. The van der Waals surface area contributed by atoms with Crippen molar-refractivity contribution in [3.63, 3.8) is 0 Å². The molecule has 0 aliphatic heterocycles. The van der Waals surface area contributed by atoms with Gasteiger partial charge in [0.25, 0.3) is 0 Å². The number of nitrogens with zero attached hydrogens (tertiary/aromatic N) is 1. The third-order valence-corrected chi connectivity index (χ3v) is 3.57. The van der Waals surface area contributed by atoms with Crippen molar-refractivity contribution in [2.45, 2.75) is 45.4 Å². The fraction of sp³-hybridized carbons (Fsp3) is 0.471. The highest BCUT2D eigenvalue weighted by Crippen LogP contribution is 2.25. The van der Waals surface area contributed by atoms with Crippen LogP contribution in [0.4, 0.5) is 5.82 Å². The number of pyridine rings is 1. The molecule has 2 N–H and O–H groups in total. The molecule has 1 aromatic carbocycles. The first kappa shape index (κ1) is 14.6. The van der Waals surface area contributed by atoms with Crippen molar-refractivity contribution >= 4 is 16.6 Å². The third kappa shape index (κ3) is 4.12. The molecule has 0 radical (unpaired) electrons. The first-order chi connectivity index (χ1) is 9.81. The Hall–Kier alpha value is -1.77. The number of hydrogen-bond acceptors (Lipinski definition) is 3. The van der Waals surface area contributed by atoms with E-state index in [2.05, 4.69) is 17.2 Å². The lowest BCUT2D eigenvalue weighted by molar-refractivity contribution is 0.476. The predicted molar refractivity (Wildman–Crippen MR) is 85.3 cm³/mol. The van der Waals surface area contributed by atoms with Crippen LogP contribution in [0.25, 0.3) is 10.8 Å². The van der Waals surface area contributed by atoms with Gasteiger partial charge in [0.2, 0.25) is 0 Å². The van der Waals surface area contributed by atoms with Gasteiger partial charge >= 0.3 is 0 Å². The van der Waals surface area contributed by atoms with E-state index in [0.29, 0.717) is 0 Å². The van der Waals surface area contributed by atoms with E-state index in [0.717, 1.165) is 23.1 Å². The SMILES string of the molecule is CCCCCCCCNc1nccc2ccc(O)cc12. The van der Waals surface area contributed by atoms with Gasteiger partial charge in [-0.1, -0.05) is 45.1 Å². The Kier molecular flexibility index (Phi) is 5.66. The van der Waals surface area contributed by atoms with Gasteiger partial charge < -0.3 is 10.4 Å². The maximum Gasteiger partial charge on any atom is 0.133 e. The number of benzene rings is 1. The molecule has 0 fully saturated rings. The Morgan fingerprint density at radius 1 is 1.05 bits per heavy atom. The number of fused-ring (bicyclic) bond motifs is 1. The molecule has 2 aromatic rings. The highest BCUT2D eigenvalue weighted by molar-refractivity contribution is 5.92. The quantitative estimate of drug-likeness (QED) is 0.684. The van der Waals surface area contributed by atoms with Gasteiger partial charge in [-0.3, -0.25) is 0 Å². The molecule has 0 aliphatic carbocycles. The van der Waals surface area contributed by atoms with E-state index in [1.807, 2.05) is 18.3 Å². The van der Waals surface area contributed by atoms with Gasteiger partial charge in [-0.25, -0.2) is 4.98 Å². The zero-order valence-corrected chi connectivity index (χ0v) is 12.2. The molecule has 1 aromatic heterocycles. The molecule has 0 bridgehead atoms. The summed E-state index contributed by atoms with van der Waals surface area (Å²) in [6.45, 7) is 3.18. The molecule has 0 spiro atoms. The van der Waals surface area contributed by atoms with Gasteiger partial charge in [0.05, 0.1) is 0 Å². The minimum atomic E-state index is 0.285. The van der Waals surface area contributed by atoms with E-state index >= 15 is 0 Å². The van der Waals surface area contributed by atoms with Gasteiger partial charge in [0, 0.05) is 18.1 Å². The fourth-order valence-electron chi connectivity index (χ4n) is 2.41. The van der Waals surface area contributed by atoms with Crippen molar-refractivity contribution in [3.05, 3.63) is 30.5 Å². The number of unbranched alkanes of at least 4 members (excludes halogenated alkanes) is 5. The molecular formula is C17H24N2O. The van der Waals surface area contributed by atoms with Gasteiger partial charge in [-0.2, -0.15) is 0 Å². The average molecular weight is 272 g/mol. The van der Waals surface area contributed by atoms with Crippen molar-refractivity contribution < 1.29 is 5.11 Å². The second kappa shape index (κ2) is 7.73. The second-order valence-electron chi connectivity index (χ2n) is 5.26. The molecular weight excluding hydrogens is 248 g/mol. The molecule has 108 valence electrons. The van der Waals surface area contributed by atoms with Crippen LogP contribution in [-0.2, 0) is 0 Å². The van der Waals surface area contributed by atoms with Crippen LogP contribution in [0.15, 0.2) is 30.5 Å². The maximum absolute atomic E-state index is 9.59. The van der Waals surface area contributed by atoms with Crippen molar-refractivity contribution in [2.24, 2.45) is 0 Å². The van der Waals surface area contributed by atoms with E-state index in [9.17, 15) is 5.11 Å². The van der Waals surface area contributed by atoms with E-state index in [-0.39, 0.29) is 5.75 Å². The smallest absolute Gasteiger partial charge is 0.133 e. The summed E-state index contributed by atoms with van der Waals surface area (Å²) in [5, 5.41) is 15.1. The van der Waals surface area contributed by atoms with Gasteiger partial charge in [-0.15, -0.1) is 0 Å². The number of anilines is 1. The molecule has 3 nitrogen and oxygen atoms in total. The number of hydrogen-bond donors (Lipinski definition) is 2. The van der Waals surface area contributed by atoms with Crippen LogP contribution in [0.5, 0.6) is 5.75 Å². The molecule has 2 rings (SSSR count). The van der Waals surface area contributed by atoms with Gasteiger partial charge in [0.15, 0.2) is 0 Å².